The standard InChI is InChI=1S/C23H22FN3O/c1-3-16(2)23(28)27-22-20(14-9-17-7-5-4-6-8-17)26-21(15-25-22)18-10-12-19(24)13-11-18/h4-16H,3H2,1-2H3,(H,25,27,28)/b14-9+. The fraction of sp³-hybridized carbons (Fsp3) is 0.174. The molecule has 0 aliphatic rings. The molecule has 0 spiro atoms. The van der Waals surface area contributed by atoms with Crippen LogP contribution >= 0.6 is 0 Å². The Balaban J connectivity index is 1.97. The summed E-state index contributed by atoms with van der Waals surface area (Å²) in [5, 5.41) is 2.86. The van der Waals surface area contributed by atoms with Crippen LogP contribution in [0.3, 0.4) is 0 Å². The molecule has 0 fully saturated rings. The first kappa shape index (κ1) is 19.4. The zero-order valence-electron chi connectivity index (χ0n) is 15.9. The molecular weight excluding hydrogens is 353 g/mol. The highest BCUT2D eigenvalue weighted by atomic mass is 19.1. The third-order valence-corrected chi connectivity index (χ3v) is 4.47. The molecular formula is C23H22FN3O. The van der Waals surface area contributed by atoms with Crippen molar-refractivity contribution in [2.45, 2.75) is 20.3 Å². The first-order valence-corrected chi connectivity index (χ1v) is 9.23. The van der Waals surface area contributed by atoms with Crippen molar-refractivity contribution >= 4 is 23.9 Å². The van der Waals surface area contributed by atoms with Gasteiger partial charge in [-0.2, -0.15) is 0 Å². The van der Waals surface area contributed by atoms with Crippen LogP contribution in [-0.4, -0.2) is 15.9 Å². The number of nitrogens with one attached hydrogen (secondary N) is 1. The number of amides is 1. The quantitative estimate of drug-likeness (QED) is 0.624. The van der Waals surface area contributed by atoms with Crippen molar-refractivity contribution in [2.75, 3.05) is 5.32 Å². The number of carbonyl (C=O) groups excluding carboxylic acids is 1. The molecule has 3 rings (SSSR count). The summed E-state index contributed by atoms with van der Waals surface area (Å²) in [5.41, 5.74) is 2.91. The van der Waals surface area contributed by atoms with Gasteiger partial charge in [-0.25, -0.2) is 14.4 Å². The van der Waals surface area contributed by atoms with Gasteiger partial charge in [0.05, 0.1) is 11.9 Å². The summed E-state index contributed by atoms with van der Waals surface area (Å²) in [4.78, 5) is 21.4. The molecule has 0 aliphatic carbocycles. The molecule has 1 unspecified atom stereocenters. The Morgan fingerprint density at radius 2 is 1.82 bits per heavy atom. The smallest absolute Gasteiger partial charge is 0.228 e. The monoisotopic (exact) mass is 375 g/mol. The molecule has 1 N–H and O–H groups in total. The largest absolute Gasteiger partial charge is 0.309 e. The predicted molar refractivity (Wildman–Crippen MR) is 111 cm³/mol. The van der Waals surface area contributed by atoms with Crippen molar-refractivity contribution in [2.24, 2.45) is 5.92 Å². The van der Waals surface area contributed by atoms with Crippen molar-refractivity contribution in [3.05, 3.63) is 77.9 Å². The average molecular weight is 375 g/mol. The molecule has 1 amide bonds. The van der Waals surface area contributed by atoms with E-state index in [1.807, 2.05) is 56.3 Å². The maximum atomic E-state index is 13.2. The highest BCUT2D eigenvalue weighted by Gasteiger charge is 2.14. The molecule has 0 bridgehead atoms. The summed E-state index contributed by atoms with van der Waals surface area (Å²) in [6, 6.07) is 15.9. The fourth-order valence-corrected chi connectivity index (χ4v) is 2.54. The van der Waals surface area contributed by atoms with Crippen LogP contribution in [0.25, 0.3) is 23.4 Å². The van der Waals surface area contributed by atoms with Crippen molar-refractivity contribution in [1.82, 2.24) is 9.97 Å². The predicted octanol–water partition coefficient (Wildman–Crippen LogP) is 5.44. The summed E-state index contributed by atoms with van der Waals surface area (Å²) in [6.45, 7) is 3.83. The van der Waals surface area contributed by atoms with Crippen molar-refractivity contribution < 1.29 is 9.18 Å². The second-order valence-electron chi connectivity index (χ2n) is 6.54. The lowest BCUT2D eigenvalue weighted by molar-refractivity contribution is -0.119. The first-order valence-electron chi connectivity index (χ1n) is 9.23. The first-order chi connectivity index (χ1) is 13.6. The summed E-state index contributed by atoms with van der Waals surface area (Å²) in [5.74, 6) is -0.119. The minimum Gasteiger partial charge on any atom is -0.309 e. The maximum Gasteiger partial charge on any atom is 0.228 e. The summed E-state index contributed by atoms with van der Waals surface area (Å²) in [6.07, 6.45) is 6.06. The Morgan fingerprint density at radius 3 is 2.50 bits per heavy atom. The van der Waals surface area contributed by atoms with Gasteiger partial charge in [-0.3, -0.25) is 4.79 Å². The molecule has 0 saturated carbocycles. The molecule has 1 heterocycles. The number of halogens is 1. The van der Waals surface area contributed by atoms with E-state index in [0.717, 1.165) is 17.5 Å². The molecule has 0 radical (unpaired) electrons. The van der Waals surface area contributed by atoms with E-state index in [9.17, 15) is 9.18 Å². The van der Waals surface area contributed by atoms with E-state index in [4.69, 9.17) is 0 Å². The van der Waals surface area contributed by atoms with E-state index >= 15 is 0 Å². The van der Waals surface area contributed by atoms with Crippen LogP contribution in [0.5, 0.6) is 0 Å². The minimum atomic E-state index is -0.307. The summed E-state index contributed by atoms with van der Waals surface area (Å²) >= 11 is 0. The van der Waals surface area contributed by atoms with Gasteiger partial charge in [0, 0.05) is 11.5 Å². The van der Waals surface area contributed by atoms with Crippen LogP contribution in [0, 0.1) is 11.7 Å². The molecule has 28 heavy (non-hydrogen) atoms. The minimum absolute atomic E-state index is 0.0966. The van der Waals surface area contributed by atoms with E-state index in [1.165, 1.54) is 12.1 Å². The third-order valence-electron chi connectivity index (χ3n) is 4.47. The van der Waals surface area contributed by atoms with Crippen LogP contribution in [0.4, 0.5) is 10.2 Å². The Morgan fingerprint density at radius 1 is 1.11 bits per heavy atom. The third kappa shape index (κ3) is 4.88. The van der Waals surface area contributed by atoms with E-state index < -0.39 is 0 Å². The number of hydrogen-bond acceptors (Lipinski definition) is 3. The molecule has 5 heteroatoms. The van der Waals surface area contributed by atoms with Crippen LogP contribution in [0.2, 0.25) is 0 Å². The average Bonchev–Trinajstić information content (AvgIpc) is 2.73. The number of carbonyl (C=O) groups is 1. The molecule has 3 aromatic rings. The number of nitrogens with zero attached hydrogens (tertiary/aromatic N) is 2. The molecule has 1 atom stereocenters. The maximum absolute atomic E-state index is 13.2. The number of aromatic nitrogens is 2. The Kier molecular flexibility index (Phi) is 6.27. The Bertz CT molecular complexity index is 969. The second kappa shape index (κ2) is 9.04. The Hall–Kier alpha value is -3.34. The lowest BCUT2D eigenvalue weighted by atomic mass is 10.1. The summed E-state index contributed by atoms with van der Waals surface area (Å²) < 4.78 is 13.2. The van der Waals surface area contributed by atoms with Gasteiger partial charge in [-0.05, 0) is 42.3 Å². The van der Waals surface area contributed by atoms with Crippen molar-refractivity contribution in [3.63, 3.8) is 0 Å². The van der Waals surface area contributed by atoms with Gasteiger partial charge >= 0.3 is 0 Å². The zero-order valence-corrected chi connectivity index (χ0v) is 15.9. The normalized spacial score (nSPS) is 12.1. The number of benzene rings is 2. The lowest BCUT2D eigenvalue weighted by Crippen LogP contribution is -2.21. The van der Waals surface area contributed by atoms with Gasteiger partial charge in [0.2, 0.25) is 5.91 Å². The van der Waals surface area contributed by atoms with E-state index in [0.29, 0.717) is 17.2 Å². The van der Waals surface area contributed by atoms with Gasteiger partial charge in [0.1, 0.15) is 11.5 Å². The SMILES string of the molecule is CCC(C)C(=O)Nc1ncc(-c2ccc(F)cc2)nc1/C=C/c1ccccc1. The highest BCUT2D eigenvalue weighted by molar-refractivity contribution is 5.93. The lowest BCUT2D eigenvalue weighted by Gasteiger charge is -2.12. The van der Waals surface area contributed by atoms with Crippen molar-refractivity contribution in [1.29, 1.82) is 0 Å². The van der Waals surface area contributed by atoms with Crippen LogP contribution in [0.15, 0.2) is 60.8 Å². The van der Waals surface area contributed by atoms with E-state index in [2.05, 4.69) is 15.3 Å². The van der Waals surface area contributed by atoms with E-state index in [1.54, 1.807) is 18.3 Å². The zero-order chi connectivity index (χ0) is 19.9. The molecule has 2 aromatic carbocycles. The molecule has 1 aromatic heterocycles. The molecule has 4 nitrogen and oxygen atoms in total. The fourth-order valence-electron chi connectivity index (χ4n) is 2.54. The molecule has 142 valence electrons. The van der Waals surface area contributed by atoms with Crippen LogP contribution < -0.4 is 5.32 Å². The Labute approximate surface area is 164 Å². The van der Waals surface area contributed by atoms with Gasteiger partial charge < -0.3 is 5.32 Å². The van der Waals surface area contributed by atoms with Crippen molar-refractivity contribution in [3.8, 4) is 11.3 Å². The van der Waals surface area contributed by atoms with Crippen LogP contribution in [0.1, 0.15) is 31.5 Å². The van der Waals surface area contributed by atoms with Gasteiger partial charge in [-0.1, -0.05) is 50.3 Å². The molecule has 0 aliphatic heterocycles. The second-order valence-corrected chi connectivity index (χ2v) is 6.54. The van der Waals surface area contributed by atoms with Gasteiger partial charge in [-0.15, -0.1) is 0 Å². The van der Waals surface area contributed by atoms with Crippen LogP contribution in [-0.2, 0) is 4.79 Å². The van der Waals surface area contributed by atoms with Gasteiger partial charge in [0.15, 0.2) is 5.82 Å². The molecule has 0 saturated heterocycles. The topological polar surface area (TPSA) is 54.9 Å². The summed E-state index contributed by atoms with van der Waals surface area (Å²) in [7, 11) is 0. The number of anilines is 1. The van der Waals surface area contributed by atoms with Gasteiger partial charge in [0.25, 0.3) is 0 Å². The number of rotatable bonds is 6. The number of hydrogen-bond donors (Lipinski definition) is 1. The van der Waals surface area contributed by atoms with E-state index in [-0.39, 0.29) is 17.6 Å². The highest BCUT2D eigenvalue weighted by Crippen LogP contribution is 2.22.